The van der Waals surface area contributed by atoms with Gasteiger partial charge in [-0.2, -0.15) is 0 Å². The molecule has 1 rings (SSSR count). The molecule has 16 heavy (non-hydrogen) atoms. The first-order chi connectivity index (χ1) is 7.72. The largest absolute Gasteiger partial charge is 0.376 e. The van der Waals surface area contributed by atoms with Crippen LogP contribution in [-0.4, -0.2) is 37.2 Å². The van der Waals surface area contributed by atoms with Crippen molar-refractivity contribution in [2.75, 3.05) is 26.2 Å². The summed E-state index contributed by atoms with van der Waals surface area (Å²) in [5, 5.41) is 0. The molecule has 1 saturated heterocycles. The number of hydrogen-bond donors (Lipinski definition) is 0. The van der Waals surface area contributed by atoms with E-state index in [0.717, 1.165) is 25.6 Å². The van der Waals surface area contributed by atoms with Crippen molar-refractivity contribution in [1.82, 2.24) is 4.90 Å². The van der Waals surface area contributed by atoms with Gasteiger partial charge in [0, 0.05) is 13.1 Å². The zero-order chi connectivity index (χ0) is 12.4. The highest BCUT2D eigenvalue weighted by Gasteiger charge is 2.19. The molecule has 0 aromatic carbocycles. The van der Waals surface area contributed by atoms with Gasteiger partial charge in [-0.05, 0) is 31.7 Å². The van der Waals surface area contributed by atoms with Crippen molar-refractivity contribution in [3.63, 3.8) is 0 Å². The molecule has 0 saturated carbocycles. The molecule has 0 spiro atoms. The first-order valence-electron chi connectivity index (χ1n) is 7.06. The molecule has 98 valence electrons. The van der Waals surface area contributed by atoms with Crippen LogP contribution in [0.1, 0.15) is 53.9 Å². The van der Waals surface area contributed by atoms with Gasteiger partial charge in [0.05, 0.1) is 12.7 Å². The summed E-state index contributed by atoms with van der Waals surface area (Å²) in [5.41, 5.74) is 0. The van der Waals surface area contributed by atoms with Gasteiger partial charge >= 0.3 is 0 Å². The summed E-state index contributed by atoms with van der Waals surface area (Å²) in [7, 11) is 0. The average molecular weight is 229 g/mol. The SMILES string of the molecule is CC.CCCN1CCO[C@H](CCC(C)C)C1. The number of ether oxygens (including phenoxy) is 1. The lowest BCUT2D eigenvalue weighted by Crippen LogP contribution is -2.42. The maximum atomic E-state index is 5.76. The summed E-state index contributed by atoms with van der Waals surface area (Å²) >= 11 is 0. The molecule has 2 heteroatoms. The van der Waals surface area contributed by atoms with Crippen LogP contribution < -0.4 is 0 Å². The molecule has 0 aromatic heterocycles. The highest BCUT2D eigenvalue weighted by Crippen LogP contribution is 2.14. The van der Waals surface area contributed by atoms with Gasteiger partial charge in [-0.25, -0.2) is 0 Å². The van der Waals surface area contributed by atoms with Gasteiger partial charge in [-0.1, -0.05) is 34.6 Å². The van der Waals surface area contributed by atoms with Gasteiger partial charge in [0.1, 0.15) is 0 Å². The van der Waals surface area contributed by atoms with E-state index in [2.05, 4.69) is 25.7 Å². The molecule has 0 unspecified atom stereocenters. The quantitative estimate of drug-likeness (QED) is 0.715. The summed E-state index contributed by atoms with van der Waals surface area (Å²) in [6, 6.07) is 0. The first kappa shape index (κ1) is 15.9. The lowest BCUT2D eigenvalue weighted by Gasteiger charge is -2.33. The van der Waals surface area contributed by atoms with Crippen molar-refractivity contribution in [1.29, 1.82) is 0 Å². The second-order valence-corrected chi connectivity index (χ2v) is 4.76. The molecule has 1 aliphatic heterocycles. The molecular formula is C14H31NO. The lowest BCUT2D eigenvalue weighted by atomic mass is 10.0. The van der Waals surface area contributed by atoms with Gasteiger partial charge in [0.25, 0.3) is 0 Å². The van der Waals surface area contributed by atoms with Crippen molar-refractivity contribution < 1.29 is 4.74 Å². The van der Waals surface area contributed by atoms with E-state index >= 15 is 0 Å². The van der Waals surface area contributed by atoms with Gasteiger partial charge in [-0.15, -0.1) is 0 Å². The van der Waals surface area contributed by atoms with Gasteiger partial charge < -0.3 is 4.74 Å². The molecule has 1 heterocycles. The standard InChI is InChI=1S/C12H25NO.C2H6/c1-4-7-13-8-9-14-12(10-13)6-5-11(2)3;1-2/h11-12H,4-10H2,1-3H3;1-2H3/t12-;/m1./s1. The fraction of sp³-hybridized carbons (Fsp3) is 1.00. The van der Waals surface area contributed by atoms with Gasteiger partial charge in [0.15, 0.2) is 0 Å². The monoisotopic (exact) mass is 229 g/mol. The minimum atomic E-state index is 0.498. The maximum absolute atomic E-state index is 5.76. The lowest BCUT2D eigenvalue weighted by molar-refractivity contribution is -0.0338. The summed E-state index contributed by atoms with van der Waals surface area (Å²) < 4.78 is 5.76. The van der Waals surface area contributed by atoms with E-state index in [0.29, 0.717) is 6.10 Å². The number of morpholine rings is 1. The molecule has 1 fully saturated rings. The minimum Gasteiger partial charge on any atom is -0.376 e. The third-order valence-corrected chi connectivity index (χ3v) is 2.83. The molecule has 0 bridgehead atoms. The Labute approximate surface area is 102 Å². The summed E-state index contributed by atoms with van der Waals surface area (Å²) in [4.78, 5) is 2.54. The van der Waals surface area contributed by atoms with Crippen LogP contribution in [0.25, 0.3) is 0 Å². The Kier molecular flexibility index (Phi) is 10.0. The molecule has 2 nitrogen and oxygen atoms in total. The van der Waals surface area contributed by atoms with Crippen molar-refractivity contribution in [3.8, 4) is 0 Å². The fourth-order valence-electron chi connectivity index (χ4n) is 1.99. The fourth-order valence-corrected chi connectivity index (χ4v) is 1.99. The van der Waals surface area contributed by atoms with Crippen LogP contribution >= 0.6 is 0 Å². The van der Waals surface area contributed by atoms with Crippen molar-refractivity contribution in [2.24, 2.45) is 5.92 Å². The predicted molar refractivity (Wildman–Crippen MR) is 71.9 cm³/mol. The van der Waals surface area contributed by atoms with Crippen molar-refractivity contribution in [2.45, 2.75) is 60.0 Å². The second-order valence-electron chi connectivity index (χ2n) is 4.76. The van der Waals surface area contributed by atoms with E-state index in [9.17, 15) is 0 Å². The number of hydrogen-bond acceptors (Lipinski definition) is 2. The molecule has 0 aromatic rings. The van der Waals surface area contributed by atoms with E-state index in [1.807, 2.05) is 13.8 Å². The van der Waals surface area contributed by atoms with E-state index < -0.39 is 0 Å². The topological polar surface area (TPSA) is 12.5 Å². The van der Waals surface area contributed by atoms with E-state index in [1.54, 1.807) is 0 Å². The van der Waals surface area contributed by atoms with Crippen LogP contribution in [0, 0.1) is 5.92 Å². The van der Waals surface area contributed by atoms with Crippen LogP contribution in [-0.2, 0) is 4.74 Å². The predicted octanol–water partition coefficient (Wildman–Crippen LogP) is 3.56. The van der Waals surface area contributed by atoms with Crippen LogP contribution in [0.3, 0.4) is 0 Å². The molecule has 1 aliphatic rings. The smallest absolute Gasteiger partial charge is 0.0702 e. The first-order valence-corrected chi connectivity index (χ1v) is 7.06. The van der Waals surface area contributed by atoms with Gasteiger partial charge in [-0.3, -0.25) is 4.90 Å². The van der Waals surface area contributed by atoms with E-state index in [4.69, 9.17) is 4.74 Å². The summed E-state index contributed by atoms with van der Waals surface area (Å²) in [6.07, 6.45) is 4.29. The zero-order valence-electron chi connectivity index (χ0n) is 12.0. The van der Waals surface area contributed by atoms with Crippen LogP contribution in [0.5, 0.6) is 0 Å². The Morgan fingerprint density at radius 3 is 2.56 bits per heavy atom. The molecular weight excluding hydrogens is 198 g/mol. The van der Waals surface area contributed by atoms with Crippen molar-refractivity contribution in [3.05, 3.63) is 0 Å². The normalized spacial score (nSPS) is 21.8. The average Bonchev–Trinajstić information content (AvgIpc) is 2.30. The molecule has 1 atom stereocenters. The maximum Gasteiger partial charge on any atom is 0.0702 e. The van der Waals surface area contributed by atoms with Gasteiger partial charge in [0.2, 0.25) is 0 Å². The third kappa shape index (κ3) is 7.24. The highest BCUT2D eigenvalue weighted by atomic mass is 16.5. The Balaban J connectivity index is 0.00000106. The number of nitrogens with zero attached hydrogens (tertiary/aromatic N) is 1. The van der Waals surface area contributed by atoms with Crippen LogP contribution in [0.15, 0.2) is 0 Å². The minimum absolute atomic E-state index is 0.498. The summed E-state index contributed by atoms with van der Waals surface area (Å²) in [5.74, 6) is 0.806. The number of rotatable bonds is 5. The van der Waals surface area contributed by atoms with E-state index in [-0.39, 0.29) is 0 Å². The Morgan fingerprint density at radius 2 is 2.00 bits per heavy atom. The van der Waals surface area contributed by atoms with Crippen LogP contribution in [0.4, 0.5) is 0 Å². The Morgan fingerprint density at radius 1 is 1.31 bits per heavy atom. The molecule has 0 N–H and O–H groups in total. The Hall–Kier alpha value is -0.0800. The molecule has 0 amide bonds. The third-order valence-electron chi connectivity index (χ3n) is 2.83. The van der Waals surface area contributed by atoms with Crippen LogP contribution in [0.2, 0.25) is 0 Å². The molecule has 0 aliphatic carbocycles. The Bertz CT molecular complexity index is 146. The second kappa shape index (κ2) is 10.1. The molecule has 0 radical (unpaired) electrons. The summed E-state index contributed by atoms with van der Waals surface area (Å²) in [6.45, 7) is 15.3. The highest BCUT2D eigenvalue weighted by molar-refractivity contribution is 4.71. The van der Waals surface area contributed by atoms with Crippen molar-refractivity contribution >= 4 is 0 Å². The van der Waals surface area contributed by atoms with E-state index in [1.165, 1.54) is 25.8 Å². The zero-order valence-corrected chi connectivity index (χ0v) is 12.0.